The van der Waals surface area contributed by atoms with E-state index in [4.69, 9.17) is 4.74 Å². The van der Waals surface area contributed by atoms with Gasteiger partial charge in [-0.25, -0.2) is 4.98 Å². The Balaban J connectivity index is 1.55. The van der Waals surface area contributed by atoms with E-state index < -0.39 is 12.1 Å². The second-order valence-electron chi connectivity index (χ2n) is 7.01. The highest BCUT2D eigenvalue weighted by atomic mass is 32.1. The van der Waals surface area contributed by atoms with Crippen LogP contribution in [0.1, 0.15) is 50.8 Å². The number of thiazole rings is 1. The van der Waals surface area contributed by atoms with E-state index >= 15 is 0 Å². The molecule has 0 bridgehead atoms. The molecule has 0 radical (unpaired) electrons. The normalized spacial score (nSPS) is 14.9. The average molecular weight is 372 g/mol. The van der Waals surface area contributed by atoms with Gasteiger partial charge in [-0.2, -0.15) is 0 Å². The number of hydrogen-bond donors (Lipinski definition) is 1. The molecule has 0 unspecified atom stereocenters. The summed E-state index contributed by atoms with van der Waals surface area (Å²) in [6.07, 6.45) is 1.31. The molecule has 0 spiro atoms. The molecule has 0 aliphatic heterocycles. The molecule has 0 saturated heterocycles. The molecule has 1 aromatic carbocycles. The topological polar surface area (TPSA) is 68.3 Å². The highest BCUT2D eigenvalue weighted by molar-refractivity contribution is 7.13. The summed E-state index contributed by atoms with van der Waals surface area (Å²) >= 11 is 1.50. The molecule has 2 aromatic rings. The SMILES string of the molecule is CC(C)c1ccc(-c2nc(CC(=O)O[C@@H](C)C(=O)NC3CC3)cs2)cc1. The molecule has 1 heterocycles. The first kappa shape index (κ1) is 18.6. The molecule has 5 nitrogen and oxygen atoms in total. The van der Waals surface area contributed by atoms with E-state index in [9.17, 15) is 9.59 Å². The van der Waals surface area contributed by atoms with Crippen LogP contribution in [0, 0.1) is 0 Å². The lowest BCUT2D eigenvalue weighted by molar-refractivity contribution is -0.154. The first-order chi connectivity index (χ1) is 12.4. The second-order valence-corrected chi connectivity index (χ2v) is 7.87. The smallest absolute Gasteiger partial charge is 0.312 e. The fourth-order valence-electron chi connectivity index (χ4n) is 2.52. The number of amides is 1. The Morgan fingerprint density at radius 3 is 2.54 bits per heavy atom. The van der Waals surface area contributed by atoms with Gasteiger partial charge in [0.15, 0.2) is 6.10 Å². The van der Waals surface area contributed by atoms with Gasteiger partial charge >= 0.3 is 5.97 Å². The number of aromatic nitrogens is 1. The Morgan fingerprint density at radius 1 is 1.23 bits per heavy atom. The van der Waals surface area contributed by atoms with Crippen LogP contribution in [0.3, 0.4) is 0 Å². The minimum atomic E-state index is -0.773. The molecule has 6 heteroatoms. The molecule has 1 saturated carbocycles. The van der Waals surface area contributed by atoms with Crippen molar-refractivity contribution < 1.29 is 14.3 Å². The van der Waals surface area contributed by atoms with E-state index in [1.807, 2.05) is 5.38 Å². The highest BCUT2D eigenvalue weighted by Gasteiger charge is 2.27. The number of carbonyl (C=O) groups is 2. The van der Waals surface area contributed by atoms with E-state index in [1.165, 1.54) is 16.9 Å². The van der Waals surface area contributed by atoms with Crippen LogP contribution in [0.25, 0.3) is 10.6 Å². The van der Waals surface area contributed by atoms with Crippen molar-refractivity contribution in [2.45, 2.75) is 58.1 Å². The van der Waals surface area contributed by atoms with Crippen molar-refractivity contribution in [1.29, 1.82) is 0 Å². The van der Waals surface area contributed by atoms with Gasteiger partial charge in [-0.1, -0.05) is 38.1 Å². The van der Waals surface area contributed by atoms with Crippen LogP contribution < -0.4 is 5.32 Å². The molecule has 1 aliphatic carbocycles. The highest BCUT2D eigenvalue weighted by Crippen LogP contribution is 2.26. The molecule has 1 aliphatic rings. The van der Waals surface area contributed by atoms with E-state index in [1.54, 1.807) is 6.92 Å². The summed E-state index contributed by atoms with van der Waals surface area (Å²) in [6, 6.07) is 8.58. The Hall–Kier alpha value is -2.21. The van der Waals surface area contributed by atoms with Gasteiger partial charge < -0.3 is 10.1 Å². The number of rotatable bonds is 7. The lowest BCUT2D eigenvalue weighted by Crippen LogP contribution is -2.37. The first-order valence-electron chi connectivity index (χ1n) is 8.97. The van der Waals surface area contributed by atoms with Crippen molar-refractivity contribution in [3.63, 3.8) is 0 Å². The van der Waals surface area contributed by atoms with Gasteiger partial charge in [0.05, 0.1) is 12.1 Å². The molecule has 138 valence electrons. The van der Waals surface area contributed by atoms with E-state index in [0.29, 0.717) is 11.6 Å². The Bertz CT molecular complexity index is 779. The number of nitrogens with zero attached hydrogens (tertiary/aromatic N) is 1. The van der Waals surface area contributed by atoms with E-state index in [2.05, 4.69) is 48.4 Å². The molecule has 1 N–H and O–H groups in total. The Labute approximate surface area is 157 Å². The summed E-state index contributed by atoms with van der Waals surface area (Å²) in [5.74, 6) is -0.176. The summed E-state index contributed by atoms with van der Waals surface area (Å²) in [7, 11) is 0. The third kappa shape index (κ3) is 4.91. The van der Waals surface area contributed by atoms with Gasteiger partial charge in [0, 0.05) is 17.0 Å². The minimum absolute atomic E-state index is 0.0711. The van der Waals surface area contributed by atoms with Gasteiger partial charge in [0.2, 0.25) is 0 Å². The fraction of sp³-hybridized carbons (Fsp3) is 0.450. The molecular weight excluding hydrogens is 348 g/mol. The fourth-order valence-corrected chi connectivity index (χ4v) is 3.34. The number of esters is 1. The molecular formula is C20H24N2O3S. The summed E-state index contributed by atoms with van der Waals surface area (Å²) in [5.41, 5.74) is 2.99. The Morgan fingerprint density at radius 2 is 1.92 bits per heavy atom. The van der Waals surface area contributed by atoms with Gasteiger partial charge in [-0.3, -0.25) is 9.59 Å². The quantitative estimate of drug-likeness (QED) is 0.753. The zero-order valence-corrected chi connectivity index (χ0v) is 16.1. The summed E-state index contributed by atoms with van der Waals surface area (Å²) in [4.78, 5) is 28.4. The van der Waals surface area contributed by atoms with Gasteiger partial charge in [0.25, 0.3) is 5.91 Å². The van der Waals surface area contributed by atoms with E-state index in [-0.39, 0.29) is 18.4 Å². The summed E-state index contributed by atoms with van der Waals surface area (Å²) in [6.45, 7) is 5.92. The van der Waals surface area contributed by atoms with Gasteiger partial charge in [0.1, 0.15) is 5.01 Å². The van der Waals surface area contributed by atoms with Crippen molar-refractivity contribution in [3.8, 4) is 10.6 Å². The van der Waals surface area contributed by atoms with Crippen molar-refractivity contribution in [3.05, 3.63) is 40.9 Å². The first-order valence-corrected chi connectivity index (χ1v) is 9.85. The third-order valence-electron chi connectivity index (χ3n) is 4.30. The van der Waals surface area contributed by atoms with Crippen LogP contribution in [-0.4, -0.2) is 29.0 Å². The third-order valence-corrected chi connectivity index (χ3v) is 5.24. The summed E-state index contributed by atoms with van der Waals surface area (Å²) in [5, 5.41) is 5.57. The Kier molecular flexibility index (Phi) is 5.71. The number of hydrogen-bond acceptors (Lipinski definition) is 5. The van der Waals surface area contributed by atoms with Gasteiger partial charge in [-0.15, -0.1) is 11.3 Å². The van der Waals surface area contributed by atoms with Gasteiger partial charge in [-0.05, 0) is 31.2 Å². The predicted molar refractivity (Wildman–Crippen MR) is 102 cm³/mol. The van der Waals surface area contributed by atoms with Crippen molar-refractivity contribution in [2.24, 2.45) is 0 Å². The maximum absolute atomic E-state index is 12.1. The average Bonchev–Trinajstić information content (AvgIpc) is 3.30. The monoisotopic (exact) mass is 372 g/mol. The second kappa shape index (κ2) is 7.99. The number of ether oxygens (including phenoxy) is 1. The van der Waals surface area contributed by atoms with Crippen LogP contribution in [0.4, 0.5) is 0 Å². The number of benzene rings is 1. The predicted octanol–water partition coefficient (Wildman–Crippen LogP) is 3.69. The molecule has 1 fully saturated rings. The minimum Gasteiger partial charge on any atom is -0.452 e. The van der Waals surface area contributed by atoms with Crippen LogP contribution >= 0.6 is 11.3 Å². The molecule has 1 amide bonds. The van der Waals surface area contributed by atoms with E-state index in [0.717, 1.165) is 23.4 Å². The lowest BCUT2D eigenvalue weighted by atomic mass is 10.0. The molecule has 26 heavy (non-hydrogen) atoms. The largest absolute Gasteiger partial charge is 0.452 e. The standard InChI is InChI=1S/C20H24N2O3S/c1-12(2)14-4-6-15(7-5-14)20-22-17(11-26-20)10-18(23)25-13(3)19(24)21-16-8-9-16/h4-7,11-13,16H,8-10H2,1-3H3,(H,21,24)/t13-/m0/s1. The van der Waals surface area contributed by atoms with Crippen LogP contribution in [0.2, 0.25) is 0 Å². The molecule has 1 atom stereocenters. The zero-order chi connectivity index (χ0) is 18.7. The number of nitrogens with one attached hydrogen (secondary N) is 1. The van der Waals surface area contributed by atoms with Crippen LogP contribution in [0.15, 0.2) is 29.6 Å². The van der Waals surface area contributed by atoms with Crippen molar-refractivity contribution in [2.75, 3.05) is 0 Å². The van der Waals surface area contributed by atoms with Crippen LogP contribution in [-0.2, 0) is 20.7 Å². The maximum atomic E-state index is 12.1. The van der Waals surface area contributed by atoms with Crippen molar-refractivity contribution >= 4 is 23.2 Å². The van der Waals surface area contributed by atoms with Crippen LogP contribution in [0.5, 0.6) is 0 Å². The summed E-state index contributed by atoms with van der Waals surface area (Å²) < 4.78 is 5.22. The molecule has 3 rings (SSSR count). The number of carbonyl (C=O) groups excluding carboxylic acids is 2. The maximum Gasteiger partial charge on any atom is 0.312 e. The lowest BCUT2D eigenvalue weighted by Gasteiger charge is -2.12. The molecule has 1 aromatic heterocycles. The van der Waals surface area contributed by atoms with Crippen molar-refractivity contribution in [1.82, 2.24) is 10.3 Å². The zero-order valence-electron chi connectivity index (χ0n) is 15.3.